The molecule has 2 aromatic rings. The maximum Gasteiger partial charge on any atom is 0.135 e. The van der Waals surface area contributed by atoms with E-state index in [0.717, 1.165) is 17.3 Å². The lowest BCUT2D eigenvalue weighted by molar-refractivity contribution is 1.16. The van der Waals surface area contributed by atoms with E-state index in [1.54, 1.807) is 0 Å². The fourth-order valence-electron chi connectivity index (χ4n) is 1.35. The Balaban J connectivity index is 2.16. The zero-order chi connectivity index (χ0) is 11.4. The molecule has 2 N–H and O–H groups in total. The molecule has 1 aromatic heterocycles. The van der Waals surface area contributed by atoms with Gasteiger partial charge in [-0.25, -0.2) is 9.97 Å². The van der Waals surface area contributed by atoms with Crippen LogP contribution in [0.2, 0.25) is 0 Å². The van der Waals surface area contributed by atoms with Crippen LogP contribution < -0.4 is 10.6 Å². The molecule has 4 heteroatoms. The molecule has 0 saturated carbocycles. The van der Waals surface area contributed by atoms with Crippen LogP contribution in [-0.2, 0) is 0 Å². The third kappa shape index (κ3) is 2.48. The van der Waals surface area contributed by atoms with Gasteiger partial charge in [-0.05, 0) is 19.1 Å². The van der Waals surface area contributed by atoms with Crippen LogP contribution in [0.3, 0.4) is 0 Å². The van der Waals surface area contributed by atoms with Gasteiger partial charge in [-0.15, -0.1) is 0 Å². The monoisotopic (exact) mass is 214 g/mol. The normalized spacial score (nSPS) is 9.88. The number of hydrogen-bond acceptors (Lipinski definition) is 4. The van der Waals surface area contributed by atoms with Crippen LogP contribution in [0.1, 0.15) is 5.56 Å². The van der Waals surface area contributed by atoms with Crippen LogP contribution in [0.4, 0.5) is 17.3 Å². The summed E-state index contributed by atoms with van der Waals surface area (Å²) < 4.78 is 0. The summed E-state index contributed by atoms with van der Waals surface area (Å²) in [5.41, 5.74) is 2.26. The molecule has 0 fully saturated rings. The van der Waals surface area contributed by atoms with Gasteiger partial charge >= 0.3 is 0 Å². The summed E-state index contributed by atoms with van der Waals surface area (Å²) in [6, 6.07) is 10.0. The molecular weight excluding hydrogens is 200 g/mol. The fraction of sp³-hybridized carbons (Fsp3) is 0.167. The molecule has 1 heterocycles. The van der Waals surface area contributed by atoms with Crippen molar-refractivity contribution >= 4 is 17.3 Å². The summed E-state index contributed by atoms with van der Waals surface area (Å²) >= 11 is 0. The second-order valence-corrected chi connectivity index (χ2v) is 3.53. The number of benzene rings is 1. The average Bonchev–Trinajstić information content (AvgIpc) is 2.32. The molecule has 2 rings (SSSR count). The number of nitrogens with zero attached hydrogens (tertiary/aromatic N) is 2. The second kappa shape index (κ2) is 4.61. The summed E-state index contributed by atoms with van der Waals surface area (Å²) in [4.78, 5) is 8.19. The summed E-state index contributed by atoms with van der Waals surface area (Å²) in [6.07, 6.45) is 1.53. The van der Waals surface area contributed by atoms with Crippen molar-refractivity contribution in [2.75, 3.05) is 17.7 Å². The predicted octanol–water partition coefficient (Wildman–Crippen LogP) is 2.57. The number of anilines is 3. The highest BCUT2D eigenvalue weighted by Crippen LogP contribution is 2.16. The molecule has 4 nitrogen and oxygen atoms in total. The Morgan fingerprint density at radius 3 is 2.38 bits per heavy atom. The predicted molar refractivity (Wildman–Crippen MR) is 66.0 cm³/mol. The van der Waals surface area contributed by atoms with Gasteiger partial charge in [-0.1, -0.05) is 17.7 Å². The Labute approximate surface area is 94.8 Å². The van der Waals surface area contributed by atoms with E-state index in [-0.39, 0.29) is 0 Å². The third-order valence-corrected chi connectivity index (χ3v) is 2.25. The molecule has 0 bridgehead atoms. The van der Waals surface area contributed by atoms with Crippen LogP contribution in [0.5, 0.6) is 0 Å². The molecule has 16 heavy (non-hydrogen) atoms. The summed E-state index contributed by atoms with van der Waals surface area (Å²) in [7, 11) is 1.83. The van der Waals surface area contributed by atoms with Gasteiger partial charge in [0.25, 0.3) is 0 Å². The van der Waals surface area contributed by atoms with Gasteiger partial charge in [0.1, 0.15) is 18.0 Å². The smallest absolute Gasteiger partial charge is 0.135 e. The maximum atomic E-state index is 4.14. The number of aryl methyl sites for hydroxylation is 1. The van der Waals surface area contributed by atoms with Gasteiger partial charge < -0.3 is 10.6 Å². The van der Waals surface area contributed by atoms with Crippen LogP contribution in [-0.4, -0.2) is 17.0 Å². The van der Waals surface area contributed by atoms with Gasteiger partial charge in [-0.3, -0.25) is 0 Å². The number of hydrogen-bond donors (Lipinski definition) is 2. The Morgan fingerprint density at radius 2 is 1.69 bits per heavy atom. The van der Waals surface area contributed by atoms with Crippen molar-refractivity contribution in [2.24, 2.45) is 0 Å². The average molecular weight is 214 g/mol. The Bertz CT molecular complexity index is 465. The summed E-state index contributed by atoms with van der Waals surface area (Å²) in [6.45, 7) is 2.06. The highest BCUT2D eigenvalue weighted by molar-refractivity contribution is 5.58. The van der Waals surface area contributed by atoms with E-state index in [1.165, 1.54) is 11.9 Å². The molecule has 0 aliphatic heterocycles. The third-order valence-electron chi connectivity index (χ3n) is 2.25. The van der Waals surface area contributed by atoms with E-state index in [9.17, 15) is 0 Å². The van der Waals surface area contributed by atoms with Gasteiger partial charge in [0.2, 0.25) is 0 Å². The summed E-state index contributed by atoms with van der Waals surface area (Å²) in [5.74, 6) is 1.58. The number of nitrogens with one attached hydrogen (secondary N) is 2. The quantitative estimate of drug-likeness (QED) is 0.824. The minimum absolute atomic E-state index is 0.781. The molecule has 0 radical (unpaired) electrons. The zero-order valence-electron chi connectivity index (χ0n) is 9.36. The Morgan fingerprint density at radius 1 is 1.00 bits per heavy atom. The Kier molecular flexibility index (Phi) is 3.00. The SMILES string of the molecule is CNc1cc(Nc2ccc(C)cc2)ncn1. The van der Waals surface area contributed by atoms with Gasteiger partial charge in [-0.2, -0.15) is 0 Å². The molecule has 0 saturated heterocycles. The largest absolute Gasteiger partial charge is 0.373 e. The van der Waals surface area contributed by atoms with Gasteiger partial charge in [0.15, 0.2) is 0 Å². The minimum atomic E-state index is 0.781. The second-order valence-electron chi connectivity index (χ2n) is 3.53. The number of rotatable bonds is 3. The highest BCUT2D eigenvalue weighted by Gasteiger charge is 1.97. The first kappa shape index (κ1) is 10.4. The zero-order valence-corrected chi connectivity index (χ0v) is 9.36. The van der Waals surface area contributed by atoms with Crippen molar-refractivity contribution in [2.45, 2.75) is 6.92 Å². The van der Waals surface area contributed by atoms with Crippen molar-refractivity contribution < 1.29 is 0 Å². The molecular formula is C12H14N4. The first-order chi connectivity index (χ1) is 7.78. The Hall–Kier alpha value is -2.10. The summed E-state index contributed by atoms with van der Waals surface area (Å²) in [5, 5.41) is 6.19. The maximum absolute atomic E-state index is 4.14. The lowest BCUT2D eigenvalue weighted by Crippen LogP contribution is -1.97. The van der Waals surface area contributed by atoms with Crippen molar-refractivity contribution in [3.05, 3.63) is 42.2 Å². The molecule has 82 valence electrons. The van der Waals surface area contributed by atoms with Crippen LogP contribution in [0.15, 0.2) is 36.7 Å². The molecule has 0 unspecified atom stereocenters. The van der Waals surface area contributed by atoms with E-state index in [0.29, 0.717) is 0 Å². The van der Waals surface area contributed by atoms with Crippen molar-refractivity contribution in [1.82, 2.24) is 9.97 Å². The van der Waals surface area contributed by atoms with E-state index < -0.39 is 0 Å². The van der Waals surface area contributed by atoms with Gasteiger partial charge in [0, 0.05) is 18.8 Å². The van der Waals surface area contributed by atoms with Crippen LogP contribution in [0, 0.1) is 6.92 Å². The molecule has 0 spiro atoms. The highest BCUT2D eigenvalue weighted by atomic mass is 15.1. The lowest BCUT2D eigenvalue weighted by Gasteiger charge is -2.06. The molecule has 1 aromatic carbocycles. The van der Waals surface area contributed by atoms with E-state index in [4.69, 9.17) is 0 Å². The van der Waals surface area contributed by atoms with E-state index in [2.05, 4.69) is 39.7 Å². The molecule has 0 atom stereocenters. The minimum Gasteiger partial charge on any atom is -0.373 e. The number of aromatic nitrogens is 2. The topological polar surface area (TPSA) is 49.8 Å². The van der Waals surface area contributed by atoms with Crippen LogP contribution >= 0.6 is 0 Å². The van der Waals surface area contributed by atoms with E-state index >= 15 is 0 Å². The lowest BCUT2D eigenvalue weighted by atomic mass is 10.2. The fourth-order valence-corrected chi connectivity index (χ4v) is 1.35. The first-order valence-corrected chi connectivity index (χ1v) is 5.11. The first-order valence-electron chi connectivity index (χ1n) is 5.11. The van der Waals surface area contributed by atoms with E-state index in [1.807, 2.05) is 25.2 Å². The molecule has 0 amide bonds. The van der Waals surface area contributed by atoms with Crippen molar-refractivity contribution in [3.8, 4) is 0 Å². The van der Waals surface area contributed by atoms with Gasteiger partial charge in [0.05, 0.1) is 0 Å². The molecule has 0 aliphatic rings. The van der Waals surface area contributed by atoms with Crippen molar-refractivity contribution in [3.63, 3.8) is 0 Å². The standard InChI is InChI=1S/C12H14N4/c1-9-3-5-10(6-4-9)16-12-7-11(13-2)14-8-15-12/h3-8H,1-2H3,(H2,13,14,15,16). The van der Waals surface area contributed by atoms with Crippen LogP contribution in [0.25, 0.3) is 0 Å². The molecule has 0 aliphatic carbocycles. The van der Waals surface area contributed by atoms with Crippen molar-refractivity contribution in [1.29, 1.82) is 0 Å².